The van der Waals surface area contributed by atoms with Crippen LogP contribution in [0.25, 0.3) is 11.2 Å². The molecule has 2 heterocycles. The first-order valence-corrected chi connectivity index (χ1v) is 6.99. The lowest BCUT2D eigenvalue weighted by Gasteiger charge is -2.00. The van der Waals surface area contributed by atoms with E-state index in [0.717, 1.165) is 10.1 Å². The number of aryl methyl sites for hydroxylation is 2. The zero-order chi connectivity index (χ0) is 16.6. The number of hydrogen-bond acceptors (Lipinski definition) is 5. The Labute approximate surface area is 131 Å². The van der Waals surface area contributed by atoms with Gasteiger partial charge >= 0.3 is 5.69 Å². The molecular formula is C15H16N6O2. The summed E-state index contributed by atoms with van der Waals surface area (Å²) in [5.41, 5.74) is 4.52. The number of benzene rings is 1. The molecule has 0 aliphatic heterocycles. The number of anilines is 1. The molecule has 23 heavy (non-hydrogen) atoms. The summed E-state index contributed by atoms with van der Waals surface area (Å²) in [6.45, 7) is 2.01. The molecule has 1 aromatic carbocycles. The van der Waals surface area contributed by atoms with Gasteiger partial charge in [0.1, 0.15) is 0 Å². The minimum atomic E-state index is -0.427. The van der Waals surface area contributed by atoms with Crippen molar-refractivity contribution in [2.75, 3.05) is 5.43 Å². The molecule has 2 aromatic heterocycles. The molecule has 0 amide bonds. The molecule has 0 unspecified atom stereocenters. The van der Waals surface area contributed by atoms with Gasteiger partial charge in [0.25, 0.3) is 5.56 Å². The summed E-state index contributed by atoms with van der Waals surface area (Å²) in [7, 11) is 2.98. The molecule has 8 nitrogen and oxygen atoms in total. The smallest absolute Gasteiger partial charge is 0.317 e. The fourth-order valence-electron chi connectivity index (χ4n) is 2.20. The van der Waals surface area contributed by atoms with E-state index in [0.29, 0.717) is 5.95 Å². The Balaban J connectivity index is 1.91. The summed E-state index contributed by atoms with van der Waals surface area (Å²) in [5.74, 6) is 0.293. The van der Waals surface area contributed by atoms with Crippen LogP contribution >= 0.6 is 0 Å². The number of hydrogen-bond donors (Lipinski definition) is 2. The predicted octanol–water partition coefficient (Wildman–Crippen LogP) is 0.715. The van der Waals surface area contributed by atoms with Crippen LogP contribution in [-0.2, 0) is 14.1 Å². The van der Waals surface area contributed by atoms with Crippen molar-refractivity contribution in [3.63, 3.8) is 0 Å². The summed E-state index contributed by atoms with van der Waals surface area (Å²) in [5, 5.41) is 4.08. The second-order valence-corrected chi connectivity index (χ2v) is 5.27. The molecule has 8 heteroatoms. The quantitative estimate of drug-likeness (QED) is 0.550. The lowest BCUT2D eigenvalue weighted by atomic mass is 10.2. The first-order valence-electron chi connectivity index (χ1n) is 6.99. The molecule has 0 saturated carbocycles. The SMILES string of the molecule is Cc1ccc(/C=N\Nc2nc3c([nH]2)c(=O)n(C)c(=O)n3C)cc1. The molecule has 0 spiro atoms. The van der Waals surface area contributed by atoms with Crippen LogP contribution in [0.1, 0.15) is 11.1 Å². The van der Waals surface area contributed by atoms with Crippen LogP contribution in [0, 0.1) is 6.92 Å². The lowest BCUT2D eigenvalue weighted by molar-refractivity contribution is 0.709. The largest absolute Gasteiger partial charge is 0.332 e. The van der Waals surface area contributed by atoms with E-state index in [1.54, 1.807) is 13.3 Å². The van der Waals surface area contributed by atoms with Crippen LogP contribution < -0.4 is 16.7 Å². The van der Waals surface area contributed by atoms with Crippen molar-refractivity contribution in [3.05, 3.63) is 56.2 Å². The van der Waals surface area contributed by atoms with Crippen LogP contribution in [-0.4, -0.2) is 25.3 Å². The van der Waals surface area contributed by atoms with Gasteiger partial charge in [-0.2, -0.15) is 10.1 Å². The first kappa shape index (κ1) is 14.8. The number of imidazole rings is 1. The van der Waals surface area contributed by atoms with Gasteiger partial charge in [0, 0.05) is 14.1 Å². The van der Waals surface area contributed by atoms with Crippen molar-refractivity contribution >= 4 is 23.3 Å². The van der Waals surface area contributed by atoms with Gasteiger partial charge in [0.05, 0.1) is 6.21 Å². The minimum Gasteiger partial charge on any atom is -0.317 e. The molecule has 0 bridgehead atoms. The summed E-state index contributed by atoms with van der Waals surface area (Å²) in [4.78, 5) is 30.9. The highest BCUT2D eigenvalue weighted by molar-refractivity contribution is 5.80. The van der Waals surface area contributed by atoms with Gasteiger partial charge in [-0.05, 0) is 12.5 Å². The fourth-order valence-corrected chi connectivity index (χ4v) is 2.20. The third kappa shape index (κ3) is 2.66. The van der Waals surface area contributed by atoms with Gasteiger partial charge in [-0.25, -0.2) is 10.2 Å². The zero-order valence-electron chi connectivity index (χ0n) is 13.0. The van der Waals surface area contributed by atoms with E-state index >= 15 is 0 Å². The highest BCUT2D eigenvalue weighted by atomic mass is 16.2. The van der Waals surface area contributed by atoms with Crippen molar-refractivity contribution in [3.8, 4) is 0 Å². The number of rotatable bonds is 3. The number of aromatic amines is 1. The summed E-state index contributed by atoms with van der Waals surface area (Å²) in [6.07, 6.45) is 1.64. The fraction of sp³-hybridized carbons (Fsp3) is 0.200. The Morgan fingerprint density at radius 3 is 2.57 bits per heavy atom. The Kier molecular flexibility index (Phi) is 3.57. The standard InChI is InChI=1S/C15H16N6O2/c1-9-4-6-10(7-5-9)8-16-19-14-17-11-12(18-14)20(2)15(23)21(3)13(11)22/h4-8H,1-3H3,(H2,17,18,19)/b16-8-. The van der Waals surface area contributed by atoms with Crippen LogP contribution in [0.5, 0.6) is 0 Å². The Morgan fingerprint density at radius 2 is 1.87 bits per heavy atom. The normalized spacial score (nSPS) is 11.4. The van der Waals surface area contributed by atoms with Gasteiger partial charge in [-0.3, -0.25) is 13.9 Å². The van der Waals surface area contributed by atoms with Crippen molar-refractivity contribution in [1.29, 1.82) is 0 Å². The van der Waals surface area contributed by atoms with Crippen molar-refractivity contribution in [2.24, 2.45) is 19.2 Å². The molecule has 0 aliphatic carbocycles. The lowest BCUT2D eigenvalue weighted by Crippen LogP contribution is -2.36. The van der Waals surface area contributed by atoms with Crippen LogP contribution in [0.3, 0.4) is 0 Å². The topological polar surface area (TPSA) is 97.1 Å². The maximum absolute atomic E-state index is 12.1. The van der Waals surface area contributed by atoms with Crippen molar-refractivity contribution in [2.45, 2.75) is 6.92 Å². The predicted molar refractivity (Wildman–Crippen MR) is 89.0 cm³/mol. The van der Waals surface area contributed by atoms with E-state index in [9.17, 15) is 9.59 Å². The Bertz CT molecular complexity index is 1010. The van der Waals surface area contributed by atoms with Gasteiger partial charge in [0.15, 0.2) is 11.2 Å². The second kappa shape index (κ2) is 5.56. The van der Waals surface area contributed by atoms with E-state index in [1.165, 1.54) is 17.2 Å². The number of hydrazone groups is 1. The second-order valence-electron chi connectivity index (χ2n) is 5.27. The first-order chi connectivity index (χ1) is 11.0. The maximum atomic E-state index is 12.1. The van der Waals surface area contributed by atoms with Gasteiger partial charge in [-0.15, -0.1) is 0 Å². The van der Waals surface area contributed by atoms with E-state index in [2.05, 4.69) is 20.5 Å². The molecule has 0 aliphatic rings. The van der Waals surface area contributed by atoms with E-state index < -0.39 is 11.2 Å². The molecule has 0 saturated heterocycles. The summed E-state index contributed by atoms with van der Waals surface area (Å²) in [6, 6.07) is 7.86. The number of aromatic nitrogens is 4. The third-order valence-electron chi connectivity index (χ3n) is 3.56. The van der Waals surface area contributed by atoms with Crippen molar-refractivity contribution in [1.82, 2.24) is 19.1 Å². The molecule has 0 fully saturated rings. The number of nitrogens with one attached hydrogen (secondary N) is 2. The Morgan fingerprint density at radius 1 is 1.17 bits per heavy atom. The summed E-state index contributed by atoms with van der Waals surface area (Å²) < 4.78 is 2.34. The van der Waals surface area contributed by atoms with Crippen molar-refractivity contribution < 1.29 is 0 Å². The van der Waals surface area contributed by atoms with Gasteiger partial charge < -0.3 is 4.98 Å². The number of H-pyrrole nitrogens is 1. The number of nitrogens with zero attached hydrogens (tertiary/aromatic N) is 4. The van der Waals surface area contributed by atoms with Crippen LogP contribution in [0.15, 0.2) is 39.0 Å². The molecule has 3 aromatic rings. The molecule has 118 valence electrons. The van der Waals surface area contributed by atoms with E-state index in [4.69, 9.17) is 0 Å². The zero-order valence-corrected chi connectivity index (χ0v) is 13.0. The average molecular weight is 312 g/mol. The van der Waals surface area contributed by atoms with Crippen LogP contribution in [0.4, 0.5) is 5.95 Å². The minimum absolute atomic E-state index is 0.252. The monoisotopic (exact) mass is 312 g/mol. The van der Waals surface area contributed by atoms with E-state index in [1.807, 2.05) is 31.2 Å². The number of fused-ring (bicyclic) bond motifs is 1. The Hall–Kier alpha value is -3.16. The third-order valence-corrected chi connectivity index (χ3v) is 3.56. The van der Waals surface area contributed by atoms with Gasteiger partial charge in [0.2, 0.25) is 5.95 Å². The highest BCUT2D eigenvalue weighted by Gasteiger charge is 2.12. The average Bonchev–Trinajstić information content (AvgIpc) is 2.97. The maximum Gasteiger partial charge on any atom is 0.332 e. The summed E-state index contributed by atoms with van der Waals surface area (Å²) >= 11 is 0. The molecule has 2 N–H and O–H groups in total. The molecule has 3 rings (SSSR count). The molecule has 0 atom stereocenters. The van der Waals surface area contributed by atoms with Gasteiger partial charge in [-0.1, -0.05) is 29.8 Å². The van der Waals surface area contributed by atoms with E-state index in [-0.39, 0.29) is 11.2 Å². The molecule has 0 radical (unpaired) electrons. The molecular weight excluding hydrogens is 296 g/mol. The highest BCUT2D eigenvalue weighted by Crippen LogP contribution is 2.08. The van der Waals surface area contributed by atoms with Crippen LogP contribution in [0.2, 0.25) is 0 Å².